The Kier molecular flexibility index (Phi) is 5.36. The van der Waals surface area contributed by atoms with E-state index in [9.17, 15) is 14.4 Å². The van der Waals surface area contributed by atoms with Gasteiger partial charge in [0.1, 0.15) is 11.2 Å². The Balaban J connectivity index is 1.54. The molecule has 9 nitrogen and oxygen atoms in total. The lowest BCUT2D eigenvalue weighted by Gasteiger charge is -2.12. The number of halogens is 1. The second-order valence-electron chi connectivity index (χ2n) is 7.79. The topological polar surface area (TPSA) is 99.6 Å². The van der Waals surface area contributed by atoms with Gasteiger partial charge >= 0.3 is 5.69 Å². The molecule has 1 aliphatic heterocycles. The van der Waals surface area contributed by atoms with Crippen LogP contribution in [-0.2, 0) is 22.6 Å². The maximum absolute atomic E-state index is 13.2. The zero-order valence-electron chi connectivity index (χ0n) is 17.2. The number of carbonyl (C=O) groups is 1. The quantitative estimate of drug-likeness (QED) is 0.480. The Morgan fingerprint density at radius 2 is 2.19 bits per heavy atom. The summed E-state index contributed by atoms with van der Waals surface area (Å²) in [5.41, 5.74) is 1.20. The molecule has 32 heavy (non-hydrogen) atoms. The minimum Gasteiger partial charge on any atom is -0.376 e. The molecule has 1 aromatic carbocycles. The van der Waals surface area contributed by atoms with Crippen LogP contribution in [-0.4, -0.2) is 37.4 Å². The van der Waals surface area contributed by atoms with Gasteiger partial charge in [-0.05, 0) is 48.9 Å². The molecular formula is C21H20ClN5O4S. The lowest BCUT2D eigenvalue weighted by molar-refractivity contribution is -0.117. The summed E-state index contributed by atoms with van der Waals surface area (Å²) in [7, 11) is 0. The summed E-state index contributed by atoms with van der Waals surface area (Å²) in [6, 6.07) is 6.99. The molecule has 11 heteroatoms. The number of hydrogen-bond acceptors (Lipinski definition) is 6. The van der Waals surface area contributed by atoms with Crippen LogP contribution in [0.1, 0.15) is 18.4 Å². The zero-order valence-corrected chi connectivity index (χ0v) is 18.8. The lowest BCUT2D eigenvalue weighted by atomic mass is 10.2. The van der Waals surface area contributed by atoms with Gasteiger partial charge in [-0.15, -0.1) is 16.4 Å². The molecule has 1 saturated heterocycles. The van der Waals surface area contributed by atoms with Crippen molar-refractivity contribution in [3.63, 3.8) is 0 Å². The Labute approximate surface area is 190 Å². The molecule has 1 fully saturated rings. The molecule has 0 radical (unpaired) electrons. The molecule has 1 N–H and O–H groups in total. The van der Waals surface area contributed by atoms with Gasteiger partial charge in [0.25, 0.3) is 5.56 Å². The number of nitrogens with zero attached hydrogens (tertiary/aromatic N) is 4. The second kappa shape index (κ2) is 8.19. The summed E-state index contributed by atoms with van der Waals surface area (Å²) < 4.78 is 10.1. The Morgan fingerprint density at radius 3 is 2.94 bits per heavy atom. The molecule has 4 heterocycles. The normalized spacial score (nSPS) is 16.2. The molecule has 0 bridgehead atoms. The Bertz CT molecular complexity index is 1460. The van der Waals surface area contributed by atoms with Gasteiger partial charge in [-0.3, -0.25) is 14.2 Å². The largest absolute Gasteiger partial charge is 0.376 e. The summed E-state index contributed by atoms with van der Waals surface area (Å²) in [6.07, 6.45) is 1.66. The number of anilines is 1. The number of aryl methyl sites for hydroxylation is 1. The van der Waals surface area contributed by atoms with Crippen molar-refractivity contribution in [2.24, 2.45) is 0 Å². The molecule has 0 saturated carbocycles. The molecule has 3 aromatic heterocycles. The smallest absolute Gasteiger partial charge is 0.352 e. The van der Waals surface area contributed by atoms with Gasteiger partial charge < -0.3 is 10.1 Å². The fourth-order valence-electron chi connectivity index (χ4n) is 3.94. The van der Waals surface area contributed by atoms with Gasteiger partial charge in [0, 0.05) is 6.61 Å². The van der Waals surface area contributed by atoms with Crippen LogP contribution in [0.25, 0.3) is 16.0 Å². The van der Waals surface area contributed by atoms with E-state index in [1.807, 2.05) is 13.0 Å². The van der Waals surface area contributed by atoms with E-state index in [4.69, 9.17) is 16.3 Å². The number of benzene rings is 1. The number of thiophene rings is 1. The highest BCUT2D eigenvalue weighted by molar-refractivity contribution is 7.17. The molecule has 5 rings (SSSR count). The molecular weight excluding hydrogens is 454 g/mol. The third kappa shape index (κ3) is 3.64. The highest BCUT2D eigenvalue weighted by Crippen LogP contribution is 2.23. The van der Waals surface area contributed by atoms with Crippen molar-refractivity contribution in [3.8, 4) is 0 Å². The van der Waals surface area contributed by atoms with Gasteiger partial charge in [-0.25, -0.2) is 13.9 Å². The molecule has 166 valence electrons. The monoisotopic (exact) mass is 473 g/mol. The van der Waals surface area contributed by atoms with Crippen molar-refractivity contribution >= 4 is 50.5 Å². The van der Waals surface area contributed by atoms with Crippen molar-refractivity contribution < 1.29 is 9.53 Å². The van der Waals surface area contributed by atoms with Crippen LogP contribution in [0.4, 0.5) is 5.69 Å². The molecule has 4 aromatic rings. The van der Waals surface area contributed by atoms with Gasteiger partial charge in [0.2, 0.25) is 11.7 Å². The first-order chi connectivity index (χ1) is 15.4. The van der Waals surface area contributed by atoms with E-state index in [2.05, 4.69) is 10.4 Å². The van der Waals surface area contributed by atoms with E-state index < -0.39 is 11.6 Å². The van der Waals surface area contributed by atoms with Crippen LogP contribution in [0.3, 0.4) is 0 Å². The maximum atomic E-state index is 13.2. The number of amides is 1. The number of carbonyl (C=O) groups excluding carboxylic acids is 1. The molecule has 0 aliphatic carbocycles. The lowest BCUT2D eigenvalue weighted by Crippen LogP contribution is -2.30. The molecule has 0 unspecified atom stereocenters. The first-order valence-corrected chi connectivity index (χ1v) is 11.5. The van der Waals surface area contributed by atoms with Gasteiger partial charge in [-0.2, -0.15) is 0 Å². The van der Waals surface area contributed by atoms with Crippen LogP contribution in [0.5, 0.6) is 0 Å². The van der Waals surface area contributed by atoms with Gasteiger partial charge in [-0.1, -0.05) is 17.7 Å². The van der Waals surface area contributed by atoms with E-state index in [-0.39, 0.29) is 24.0 Å². The van der Waals surface area contributed by atoms with Crippen LogP contribution < -0.4 is 16.6 Å². The van der Waals surface area contributed by atoms with Gasteiger partial charge in [0.15, 0.2) is 0 Å². The SMILES string of the molecule is Cc1ccc(NC(=O)Cn2nc3n(C[C@H]4CCCO4)c(=O)c4sccc4n3c2=O)c(Cl)c1. The van der Waals surface area contributed by atoms with Crippen LogP contribution in [0.2, 0.25) is 5.02 Å². The predicted molar refractivity (Wildman–Crippen MR) is 123 cm³/mol. The molecule has 1 amide bonds. The molecule has 0 spiro atoms. The minimum atomic E-state index is -0.491. The van der Waals surface area contributed by atoms with E-state index >= 15 is 0 Å². The molecule has 1 atom stereocenters. The summed E-state index contributed by atoms with van der Waals surface area (Å²) in [5.74, 6) is -0.251. The third-order valence-electron chi connectivity index (χ3n) is 5.49. The summed E-state index contributed by atoms with van der Waals surface area (Å²) >= 11 is 7.46. The fourth-order valence-corrected chi connectivity index (χ4v) is 5.05. The van der Waals surface area contributed by atoms with Crippen molar-refractivity contribution in [1.29, 1.82) is 0 Å². The molecule has 1 aliphatic rings. The number of rotatable bonds is 5. The minimum absolute atomic E-state index is 0.110. The van der Waals surface area contributed by atoms with Crippen LogP contribution >= 0.6 is 22.9 Å². The first-order valence-electron chi connectivity index (χ1n) is 10.2. The van der Waals surface area contributed by atoms with Crippen LogP contribution in [0.15, 0.2) is 39.2 Å². The maximum Gasteiger partial charge on any atom is 0.352 e. The Morgan fingerprint density at radius 1 is 1.34 bits per heavy atom. The zero-order chi connectivity index (χ0) is 22.4. The van der Waals surface area contributed by atoms with Crippen molar-refractivity contribution in [1.82, 2.24) is 18.7 Å². The first kappa shape index (κ1) is 20.9. The fraction of sp³-hybridized carbons (Fsp3) is 0.333. The standard InChI is InChI=1S/C21H20ClN5O4S/c1-12-4-5-15(14(22)9-12)23-17(28)11-26-21(30)27-16-6-8-32-18(16)19(29)25(20(27)24-26)10-13-3-2-7-31-13/h4-6,8-9,13H,2-3,7,10-11H2,1H3,(H,23,28)/t13-/m1/s1. The number of fused-ring (bicyclic) bond motifs is 3. The predicted octanol–water partition coefficient (Wildman–Crippen LogP) is 2.65. The summed E-state index contributed by atoms with van der Waals surface area (Å²) in [6.45, 7) is 2.54. The van der Waals surface area contributed by atoms with Crippen molar-refractivity contribution in [2.45, 2.75) is 39.0 Å². The number of aromatic nitrogens is 4. The highest BCUT2D eigenvalue weighted by Gasteiger charge is 2.23. The van der Waals surface area contributed by atoms with Gasteiger partial charge in [0.05, 0.1) is 28.9 Å². The van der Waals surface area contributed by atoms with Crippen LogP contribution in [0, 0.1) is 6.92 Å². The van der Waals surface area contributed by atoms with E-state index in [1.54, 1.807) is 23.6 Å². The third-order valence-corrected chi connectivity index (χ3v) is 6.69. The summed E-state index contributed by atoms with van der Waals surface area (Å²) in [5, 5.41) is 9.23. The van der Waals surface area contributed by atoms with E-state index in [0.29, 0.717) is 34.1 Å². The highest BCUT2D eigenvalue weighted by atomic mass is 35.5. The second-order valence-corrected chi connectivity index (χ2v) is 9.12. The number of ether oxygens (including phenoxy) is 1. The average Bonchev–Trinajstić information content (AvgIpc) is 3.49. The number of hydrogen-bond donors (Lipinski definition) is 1. The van der Waals surface area contributed by atoms with E-state index in [0.717, 1.165) is 23.1 Å². The van der Waals surface area contributed by atoms with Crippen molar-refractivity contribution in [3.05, 3.63) is 61.1 Å². The van der Waals surface area contributed by atoms with Crippen molar-refractivity contribution in [2.75, 3.05) is 11.9 Å². The number of nitrogens with one attached hydrogen (secondary N) is 1. The Hall–Kier alpha value is -2.95. The van der Waals surface area contributed by atoms with E-state index in [1.165, 1.54) is 20.3 Å². The average molecular weight is 474 g/mol. The summed E-state index contributed by atoms with van der Waals surface area (Å²) in [4.78, 5) is 38.9.